The third kappa shape index (κ3) is 4.44. The summed E-state index contributed by atoms with van der Waals surface area (Å²) >= 11 is 0. The van der Waals surface area contributed by atoms with Crippen LogP contribution in [0, 0.1) is 0 Å². The molecule has 1 saturated heterocycles. The fourth-order valence-electron chi connectivity index (χ4n) is 4.80. The Morgan fingerprint density at radius 1 is 1.17 bits per heavy atom. The number of likely N-dealkylation sites (tertiary alicyclic amines) is 1. The fraction of sp³-hybridized carbons (Fsp3) is 0.276. The van der Waals surface area contributed by atoms with E-state index in [1.165, 1.54) is 4.90 Å². The predicted octanol–water partition coefficient (Wildman–Crippen LogP) is 4.82. The molecule has 3 heterocycles. The highest BCUT2D eigenvalue weighted by molar-refractivity contribution is 6.46. The topological polar surface area (TPSA) is 89.0 Å². The van der Waals surface area contributed by atoms with E-state index in [0.717, 1.165) is 23.3 Å². The zero-order valence-electron chi connectivity index (χ0n) is 20.3. The maximum absolute atomic E-state index is 13.4. The lowest BCUT2D eigenvalue weighted by atomic mass is 9.94. The number of aromatic nitrogens is 1. The number of Topliss-reactive ketones (excluding diaryl/α,β-unsaturated/α-hetero) is 1. The van der Waals surface area contributed by atoms with Crippen molar-refractivity contribution in [3.05, 3.63) is 94.8 Å². The number of ether oxygens (including phenoxy) is 2. The summed E-state index contributed by atoms with van der Waals surface area (Å²) in [7, 11) is 0. The molecule has 7 nitrogen and oxygen atoms in total. The van der Waals surface area contributed by atoms with Gasteiger partial charge in [0.05, 0.1) is 18.2 Å². The molecule has 3 aromatic rings. The third-order valence-electron chi connectivity index (χ3n) is 6.43. The number of fused-ring (bicyclic) bond motifs is 1. The lowest BCUT2D eigenvalue weighted by Gasteiger charge is -2.25. The van der Waals surface area contributed by atoms with E-state index in [4.69, 9.17) is 9.47 Å². The minimum absolute atomic E-state index is 0.0494. The molecule has 5 rings (SSSR count). The van der Waals surface area contributed by atoms with Crippen molar-refractivity contribution in [3.8, 4) is 11.5 Å². The number of aliphatic hydroxyl groups excluding tert-OH is 1. The molecule has 2 atom stereocenters. The standard InChI is InChI=1S/C29H28N2O5/c1-3-12-35-23-8-4-7-20(15-23)26-25(27(32)21-9-10-24-22(14-21)13-18(2)36-24)28(33)29(34)31(26)17-19-6-5-11-30-16-19/h4-11,14-16,18,26,32H,3,12-13,17H2,1-2H3/b27-25+/t18-,26+/m1/s1. The number of benzene rings is 2. The third-order valence-corrected chi connectivity index (χ3v) is 6.43. The molecular weight excluding hydrogens is 456 g/mol. The SMILES string of the molecule is CCCOc1cccc([C@H]2/C(=C(\O)c3ccc4c(c3)C[C@@H](C)O4)C(=O)C(=O)N2Cc2cccnc2)c1. The largest absolute Gasteiger partial charge is 0.507 e. The molecule has 1 amide bonds. The van der Waals surface area contributed by atoms with Crippen LogP contribution in [-0.2, 0) is 22.6 Å². The molecule has 0 bridgehead atoms. The molecule has 0 saturated carbocycles. The molecule has 7 heteroatoms. The van der Waals surface area contributed by atoms with Crippen LogP contribution in [0.4, 0.5) is 0 Å². The first-order valence-corrected chi connectivity index (χ1v) is 12.2. The Hall–Kier alpha value is -4.13. The normalized spacial score (nSPS) is 20.3. The van der Waals surface area contributed by atoms with Crippen molar-refractivity contribution in [2.24, 2.45) is 0 Å². The van der Waals surface area contributed by atoms with Crippen LogP contribution < -0.4 is 9.47 Å². The number of hydrogen-bond donors (Lipinski definition) is 1. The number of ketones is 1. The Labute approximate surface area is 210 Å². The summed E-state index contributed by atoms with van der Waals surface area (Å²) < 4.78 is 11.6. The molecule has 2 aromatic carbocycles. The highest BCUT2D eigenvalue weighted by Crippen LogP contribution is 2.42. The van der Waals surface area contributed by atoms with Gasteiger partial charge in [-0.1, -0.05) is 25.1 Å². The van der Waals surface area contributed by atoms with Crippen molar-refractivity contribution in [2.75, 3.05) is 6.61 Å². The van der Waals surface area contributed by atoms with Crippen molar-refractivity contribution in [2.45, 2.75) is 45.4 Å². The summed E-state index contributed by atoms with van der Waals surface area (Å²) in [6, 6.07) is 15.6. The minimum Gasteiger partial charge on any atom is -0.507 e. The van der Waals surface area contributed by atoms with Crippen molar-refractivity contribution >= 4 is 17.4 Å². The van der Waals surface area contributed by atoms with Gasteiger partial charge in [-0.25, -0.2) is 0 Å². The minimum atomic E-state index is -0.779. The summed E-state index contributed by atoms with van der Waals surface area (Å²) in [6.45, 7) is 4.73. The summed E-state index contributed by atoms with van der Waals surface area (Å²) in [5.41, 5.74) is 2.97. The first-order valence-electron chi connectivity index (χ1n) is 12.2. The van der Waals surface area contributed by atoms with E-state index >= 15 is 0 Å². The molecule has 1 aromatic heterocycles. The Balaban J connectivity index is 1.61. The van der Waals surface area contributed by atoms with Crippen molar-refractivity contribution in [1.29, 1.82) is 0 Å². The Kier molecular flexibility index (Phi) is 6.46. The highest BCUT2D eigenvalue weighted by Gasteiger charge is 2.46. The van der Waals surface area contributed by atoms with Gasteiger partial charge < -0.3 is 19.5 Å². The van der Waals surface area contributed by atoms with Crippen LogP contribution in [0.2, 0.25) is 0 Å². The molecule has 0 spiro atoms. The second kappa shape index (κ2) is 9.85. The van der Waals surface area contributed by atoms with Gasteiger partial charge in [0.2, 0.25) is 0 Å². The molecular formula is C29H28N2O5. The van der Waals surface area contributed by atoms with Gasteiger partial charge in [0, 0.05) is 30.9 Å². The zero-order chi connectivity index (χ0) is 25.2. The number of carbonyl (C=O) groups is 2. The van der Waals surface area contributed by atoms with Crippen LogP contribution in [0.1, 0.15) is 48.6 Å². The smallest absolute Gasteiger partial charge is 0.295 e. The summed E-state index contributed by atoms with van der Waals surface area (Å²) in [5.74, 6) is -0.164. The van der Waals surface area contributed by atoms with Crippen LogP contribution >= 0.6 is 0 Å². The van der Waals surface area contributed by atoms with E-state index in [2.05, 4.69) is 4.98 Å². The highest BCUT2D eigenvalue weighted by atomic mass is 16.5. The van der Waals surface area contributed by atoms with Gasteiger partial charge in [-0.15, -0.1) is 0 Å². The molecule has 2 aliphatic rings. The van der Waals surface area contributed by atoms with E-state index in [1.807, 2.05) is 50.2 Å². The molecule has 0 aliphatic carbocycles. The molecule has 2 aliphatic heterocycles. The van der Waals surface area contributed by atoms with Gasteiger partial charge in [-0.05, 0) is 66.4 Å². The Morgan fingerprint density at radius 3 is 2.81 bits per heavy atom. The number of rotatable bonds is 7. The van der Waals surface area contributed by atoms with Gasteiger partial charge in [0.25, 0.3) is 11.7 Å². The van der Waals surface area contributed by atoms with Crippen molar-refractivity contribution in [1.82, 2.24) is 9.88 Å². The first-order chi connectivity index (χ1) is 17.5. The van der Waals surface area contributed by atoms with E-state index in [9.17, 15) is 14.7 Å². The predicted molar refractivity (Wildman–Crippen MR) is 135 cm³/mol. The maximum atomic E-state index is 13.4. The van der Waals surface area contributed by atoms with Crippen LogP contribution in [0.5, 0.6) is 11.5 Å². The monoisotopic (exact) mass is 484 g/mol. The summed E-state index contributed by atoms with van der Waals surface area (Å²) in [6.07, 6.45) is 4.94. The average molecular weight is 485 g/mol. The molecule has 1 N–H and O–H groups in total. The van der Waals surface area contributed by atoms with Gasteiger partial charge in [0.1, 0.15) is 23.4 Å². The van der Waals surface area contributed by atoms with Crippen LogP contribution in [0.25, 0.3) is 5.76 Å². The number of nitrogens with zero attached hydrogens (tertiary/aromatic N) is 2. The van der Waals surface area contributed by atoms with Crippen LogP contribution in [0.15, 0.2) is 72.6 Å². The van der Waals surface area contributed by atoms with E-state index in [0.29, 0.717) is 29.9 Å². The first kappa shape index (κ1) is 23.6. The quantitative estimate of drug-likeness (QED) is 0.294. The second-order valence-electron chi connectivity index (χ2n) is 9.16. The molecule has 0 radical (unpaired) electrons. The van der Waals surface area contributed by atoms with Crippen molar-refractivity contribution < 1.29 is 24.2 Å². The Bertz CT molecular complexity index is 1330. The van der Waals surface area contributed by atoms with Gasteiger partial charge in [-0.3, -0.25) is 14.6 Å². The van der Waals surface area contributed by atoms with E-state index in [1.54, 1.807) is 30.6 Å². The molecule has 184 valence electrons. The van der Waals surface area contributed by atoms with Crippen LogP contribution in [-0.4, -0.2) is 39.4 Å². The molecule has 36 heavy (non-hydrogen) atoms. The number of pyridine rings is 1. The van der Waals surface area contributed by atoms with Crippen molar-refractivity contribution in [3.63, 3.8) is 0 Å². The van der Waals surface area contributed by atoms with Gasteiger partial charge in [-0.2, -0.15) is 0 Å². The second-order valence-corrected chi connectivity index (χ2v) is 9.16. The van der Waals surface area contributed by atoms with Gasteiger partial charge >= 0.3 is 0 Å². The number of carbonyl (C=O) groups excluding carboxylic acids is 2. The number of amides is 1. The number of aliphatic hydroxyl groups is 1. The summed E-state index contributed by atoms with van der Waals surface area (Å²) in [5, 5.41) is 11.4. The lowest BCUT2D eigenvalue weighted by molar-refractivity contribution is -0.140. The maximum Gasteiger partial charge on any atom is 0.295 e. The lowest BCUT2D eigenvalue weighted by Crippen LogP contribution is -2.29. The Morgan fingerprint density at radius 2 is 2.03 bits per heavy atom. The zero-order valence-corrected chi connectivity index (χ0v) is 20.3. The average Bonchev–Trinajstić information content (AvgIpc) is 3.39. The molecule has 1 fully saturated rings. The van der Waals surface area contributed by atoms with Gasteiger partial charge in [0.15, 0.2) is 0 Å². The number of hydrogen-bond acceptors (Lipinski definition) is 6. The molecule has 0 unspecified atom stereocenters. The fourth-order valence-corrected chi connectivity index (χ4v) is 4.80. The van der Waals surface area contributed by atoms with E-state index < -0.39 is 17.7 Å². The van der Waals surface area contributed by atoms with Crippen LogP contribution in [0.3, 0.4) is 0 Å². The summed E-state index contributed by atoms with van der Waals surface area (Å²) in [4.78, 5) is 32.3. The van der Waals surface area contributed by atoms with E-state index in [-0.39, 0.29) is 24.0 Å².